The summed E-state index contributed by atoms with van der Waals surface area (Å²) in [7, 11) is 3.00. The van der Waals surface area contributed by atoms with Crippen molar-refractivity contribution < 1.29 is 19.8 Å². The van der Waals surface area contributed by atoms with E-state index in [1.54, 1.807) is 14.0 Å². The molecule has 0 fully saturated rings. The Labute approximate surface area is 89.1 Å². The second-order valence-electron chi connectivity index (χ2n) is 3.59. The van der Waals surface area contributed by atoms with Gasteiger partial charge in [-0.3, -0.25) is 4.79 Å². The molecule has 0 radical (unpaired) electrons. The number of aliphatic carboxylic acids is 1. The van der Waals surface area contributed by atoms with Gasteiger partial charge in [0.25, 0.3) is 0 Å². The third-order valence-electron chi connectivity index (χ3n) is 1.91. The number of aliphatic hydroxyl groups excluding tert-OH is 1. The minimum atomic E-state index is -1.05. The first kappa shape index (κ1) is 13.7. The van der Waals surface area contributed by atoms with Gasteiger partial charge in [0.1, 0.15) is 6.54 Å². The van der Waals surface area contributed by atoms with Crippen LogP contribution in [0.5, 0.6) is 0 Å². The molecule has 0 aliphatic rings. The molecule has 6 nitrogen and oxygen atoms in total. The number of carbonyl (C=O) groups is 2. The van der Waals surface area contributed by atoms with Crippen LogP contribution in [0.15, 0.2) is 0 Å². The molecular formula is C9H18N2O4. The van der Waals surface area contributed by atoms with Gasteiger partial charge in [-0.05, 0) is 13.3 Å². The molecule has 15 heavy (non-hydrogen) atoms. The van der Waals surface area contributed by atoms with Crippen LogP contribution in [0.4, 0.5) is 4.79 Å². The van der Waals surface area contributed by atoms with Crippen molar-refractivity contribution in [2.24, 2.45) is 0 Å². The molecule has 0 aliphatic heterocycles. The Balaban J connectivity index is 4.01. The maximum Gasteiger partial charge on any atom is 0.323 e. The first-order chi connectivity index (χ1) is 6.84. The summed E-state index contributed by atoms with van der Waals surface area (Å²) < 4.78 is 0. The number of carboxylic acid groups (broad SMARTS) is 1. The number of hydrogen-bond donors (Lipinski definition) is 2. The number of carboxylic acids is 1. The summed E-state index contributed by atoms with van der Waals surface area (Å²) >= 11 is 0. The summed E-state index contributed by atoms with van der Waals surface area (Å²) in [6.07, 6.45) is 0.00778. The number of amides is 2. The third kappa shape index (κ3) is 5.90. The van der Waals surface area contributed by atoms with Crippen LogP contribution in [0, 0.1) is 0 Å². The Bertz CT molecular complexity index is 230. The fourth-order valence-electron chi connectivity index (χ4n) is 1.04. The lowest BCUT2D eigenvalue weighted by Crippen LogP contribution is -2.42. The summed E-state index contributed by atoms with van der Waals surface area (Å²) in [5, 5.41) is 17.5. The van der Waals surface area contributed by atoms with Crippen LogP contribution in [0.1, 0.15) is 13.3 Å². The molecule has 0 heterocycles. The summed E-state index contributed by atoms with van der Waals surface area (Å²) in [5.41, 5.74) is 0. The molecule has 0 bridgehead atoms. The predicted molar refractivity (Wildman–Crippen MR) is 54.6 cm³/mol. The first-order valence-corrected chi connectivity index (χ1v) is 4.70. The SMILES string of the molecule is CC(O)CCN(C)C(=O)N(C)CC(=O)O. The van der Waals surface area contributed by atoms with Crippen LogP contribution in [-0.4, -0.2) is 65.3 Å². The molecule has 0 aliphatic carbocycles. The highest BCUT2D eigenvalue weighted by molar-refractivity contribution is 5.79. The largest absolute Gasteiger partial charge is 0.480 e. The quantitative estimate of drug-likeness (QED) is 0.671. The van der Waals surface area contributed by atoms with Crippen molar-refractivity contribution >= 4 is 12.0 Å². The van der Waals surface area contributed by atoms with Gasteiger partial charge in [-0.25, -0.2) is 4.79 Å². The molecule has 1 atom stereocenters. The van der Waals surface area contributed by atoms with Gasteiger partial charge >= 0.3 is 12.0 Å². The fraction of sp³-hybridized carbons (Fsp3) is 0.778. The van der Waals surface area contributed by atoms with E-state index in [-0.39, 0.29) is 12.6 Å². The molecule has 0 saturated heterocycles. The van der Waals surface area contributed by atoms with E-state index in [1.807, 2.05) is 0 Å². The summed E-state index contributed by atoms with van der Waals surface area (Å²) in [4.78, 5) is 24.3. The lowest BCUT2D eigenvalue weighted by Gasteiger charge is -2.23. The molecule has 0 aromatic heterocycles. The molecular weight excluding hydrogens is 200 g/mol. The van der Waals surface area contributed by atoms with Crippen molar-refractivity contribution in [2.45, 2.75) is 19.4 Å². The van der Waals surface area contributed by atoms with Crippen molar-refractivity contribution in [3.05, 3.63) is 0 Å². The average Bonchev–Trinajstić information content (AvgIpc) is 2.11. The van der Waals surface area contributed by atoms with Crippen molar-refractivity contribution in [3.8, 4) is 0 Å². The van der Waals surface area contributed by atoms with Gasteiger partial charge in [0, 0.05) is 20.6 Å². The van der Waals surface area contributed by atoms with E-state index < -0.39 is 12.1 Å². The Hall–Kier alpha value is -1.30. The molecule has 2 amide bonds. The molecule has 0 saturated carbocycles. The van der Waals surface area contributed by atoms with Gasteiger partial charge in [0.05, 0.1) is 6.10 Å². The second-order valence-corrected chi connectivity index (χ2v) is 3.59. The highest BCUT2D eigenvalue weighted by Gasteiger charge is 2.16. The number of likely N-dealkylation sites (N-methyl/N-ethyl adjacent to an activating group) is 1. The molecule has 1 unspecified atom stereocenters. The van der Waals surface area contributed by atoms with Gasteiger partial charge in [-0.2, -0.15) is 0 Å². The average molecular weight is 218 g/mol. The number of hydrogen-bond acceptors (Lipinski definition) is 3. The lowest BCUT2D eigenvalue weighted by atomic mass is 10.3. The predicted octanol–water partition coefficient (Wildman–Crippen LogP) is -0.175. The molecule has 0 rings (SSSR count). The van der Waals surface area contributed by atoms with Gasteiger partial charge in [-0.1, -0.05) is 0 Å². The summed E-state index contributed by atoms with van der Waals surface area (Å²) in [6.45, 7) is 1.72. The van der Waals surface area contributed by atoms with Crippen molar-refractivity contribution in [1.82, 2.24) is 9.80 Å². The molecule has 0 aromatic carbocycles. The maximum absolute atomic E-state index is 11.5. The zero-order valence-electron chi connectivity index (χ0n) is 9.30. The molecule has 0 aromatic rings. The van der Waals surface area contributed by atoms with Gasteiger partial charge in [-0.15, -0.1) is 0 Å². The second kappa shape index (κ2) is 6.23. The molecule has 6 heteroatoms. The van der Waals surface area contributed by atoms with E-state index >= 15 is 0 Å². The smallest absolute Gasteiger partial charge is 0.323 e. The van der Waals surface area contributed by atoms with E-state index in [4.69, 9.17) is 10.2 Å². The van der Waals surface area contributed by atoms with Gasteiger partial charge in [0.2, 0.25) is 0 Å². The topological polar surface area (TPSA) is 81.1 Å². The maximum atomic E-state index is 11.5. The lowest BCUT2D eigenvalue weighted by molar-refractivity contribution is -0.137. The van der Waals surface area contributed by atoms with Crippen molar-refractivity contribution in [2.75, 3.05) is 27.2 Å². The van der Waals surface area contributed by atoms with Crippen LogP contribution < -0.4 is 0 Å². The number of urea groups is 1. The van der Waals surface area contributed by atoms with Crippen LogP contribution in [0.25, 0.3) is 0 Å². The Morgan fingerprint density at radius 3 is 2.20 bits per heavy atom. The van der Waals surface area contributed by atoms with E-state index in [9.17, 15) is 9.59 Å². The molecule has 2 N–H and O–H groups in total. The van der Waals surface area contributed by atoms with Gasteiger partial charge < -0.3 is 20.0 Å². The third-order valence-corrected chi connectivity index (χ3v) is 1.91. The Morgan fingerprint density at radius 1 is 1.27 bits per heavy atom. The molecule has 88 valence electrons. The zero-order chi connectivity index (χ0) is 12.0. The number of nitrogens with zero attached hydrogens (tertiary/aromatic N) is 2. The minimum absolute atomic E-state index is 0.322. The van der Waals surface area contributed by atoms with Crippen molar-refractivity contribution in [3.63, 3.8) is 0 Å². The van der Waals surface area contributed by atoms with E-state index in [0.29, 0.717) is 13.0 Å². The van der Waals surface area contributed by atoms with Crippen LogP contribution in [0.3, 0.4) is 0 Å². The minimum Gasteiger partial charge on any atom is -0.480 e. The van der Waals surface area contributed by atoms with E-state index in [2.05, 4.69) is 0 Å². The highest BCUT2D eigenvalue weighted by atomic mass is 16.4. The van der Waals surface area contributed by atoms with E-state index in [1.165, 1.54) is 11.9 Å². The van der Waals surface area contributed by atoms with Crippen LogP contribution in [-0.2, 0) is 4.79 Å². The summed E-state index contributed by atoms with van der Waals surface area (Å²) in [6, 6.07) is -0.363. The van der Waals surface area contributed by atoms with Crippen LogP contribution >= 0.6 is 0 Å². The number of rotatable bonds is 5. The first-order valence-electron chi connectivity index (χ1n) is 4.70. The van der Waals surface area contributed by atoms with Crippen LogP contribution in [0.2, 0.25) is 0 Å². The number of carbonyl (C=O) groups excluding carboxylic acids is 1. The Kier molecular flexibility index (Phi) is 5.69. The number of aliphatic hydroxyl groups is 1. The van der Waals surface area contributed by atoms with Gasteiger partial charge in [0.15, 0.2) is 0 Å². The van der Waals surface area contributed by atoms with Crippen molar-refractivity contribution in [1.29, 1.82) is 0 Å². The van der Waals surface area contributed by atoms with E-state index in [0.717, 1.165) is 4.90 Å². The zero-order valence-corrected chi connectivity index (χ0v) is 9.30. The fourth-order valence-corrected chi connectivity index (χ4v) is 1.04. The normalized spacial score (nSPS) is 12.0. The summed E-state index contributed by atoms with van der Waals surface area (Å²) in [5.74, 6) is -1.05. The standard InChI is InChI=1S/C9H18N2O4/c1-7(12)4-5-10(2)9(15)11(3)6-8(13)14/h7,12H,4-6H2,1-3H3,(H,13,14). The highest BCUT2D eigenvalue weighted by Crippen LogP contribution is 1.98. The Morgan fingerprint density at radius 2 is 1.80 bits per heavy atom. The molecule has 0 spiro atoms. The monoisotopic (exact) mass is 218 g/mol.